The van der Waals surface area contributed by atoms with E-state index in [4.69, 9.17) is 4.98 Å². The Morgan fingerprint density at radius 3 is 2.86 bits per heavy atom. The summed E-state index contributed by atoms with van der Waals surface area (Å²) < 4.78 is 16.4. The van der Waals surface area contributed by atoms with E-state index >= 15 is 0 Å². The van der Waals surface area contributed by atoms with E-state index in [-0.39, 0.29) is 5.82 Å². The van der Waals surface area contributed by atoms with Crippen molar-refractivity contribution in [2.75, 3.05) is 36.0 Å². The number of rotatable bonds is 3. The third kappa shape index (κ3) is 2.95. The topological polar surface area (TPSA) is 62.5 Å². The zero-order chi connectivity index (χ0) is 19.1. The molecule has 0 amide bonds. The van der Waals surface area contributed by atoms with Gasteiger partial charge in [0, 0.05) is 45.0 Å². The largest absolute Gasteiger partial charge is 0.352 e. The first-order valence-electron chi connectivity index (χ1n) is 9.47. The van der Waals surface area contributed by atoms with E-state index in [1.807, 2.05) is 16.8 Å². The summed E-state index contributed by atoms with van der Waals surface area (Å²) in [7, 11) is 0. The number of nitrogens with zero attached hydrogens (tertiary/aromatic N) is 7. The van der Waals surface area contributed by atoms with Crippen LogP contribution in [0, 0.1) is 5.82 Å². The van der Waals surface area contributed by atoms with Crippen molar-refractivity contribution in [2.24, 2.45) is 0 Å². The second-order valence-electron chi connectivity index (χ2n) is 6.85. The van der Waals surface area contributed by atoms with Crippen LogP contribution >= 0.6 is 11.3 Å². The quantitative estimate of drug-likeness (QED) is 0.529. The Morgan fingerprint density at radius 2 is 1.96 bits per heavy atom. The van der Waals surface area contributed by atoms with Gasteiger partial charge in [0.25, 0.3) is 0 Å². The number of fused-ring (bicyclic) bond motifs is 2. The van der Waals surface area contributed by atoms with Gasteiger partial charge in [-0.1, -0.05) is 18.3 Å². The molecule has 1 saturated heterocycles. The van der Waals surface area contributed by atoms with Crippen LogP contribution in [0.15, 0.2) is 30.6 Å². The maximum absolute atomic E-state index is 13.5. The number of hydrogen-bond acceptors (Lipinski definition) is 7. The van der Waals surface area contributed by atoms with Crippen LogP contribution in [0.25, 0.3) is 15.9 Å². The van der Waals surface area contributed by atoms with Crippen molar-refractivity contribution in [3.05, 3.63) is 42.2 Å². The molecule has 9 heteroatoms. The average molecular weight is 397 g/mol. The fourth-order valence-electron chi connectivity index (χ4n) is 3.67. The van der Waals surface area contributed by atoms with Gasteiger partial charge in [-0.2, -0.15) is 0 Å². The highest BCUT2D eigenvalue weighted by Crippen LogP contribution is 2.30. The normalized spacial score (nSPS) is 15.5. The van der Waals surface area contributed by atoms with Crippen molar-refractivity contribution in [1.82, 2.24) is 24.6 Å². The van der Waals surface area contributed by atoms with Gasteiger partial charge in [0.05, 0.1) is 10.2 Å². The monoisotopic (exact) mass is 397 g/mol. The van der Waals surface area contributed by atoms with Crippen LogP contribution in [0.4, 0.5) is 15.3 Å². The summed E-state index contributed by atoms with van der Waals surface area (Å²) in [6, 6.07) is 4.77. The number of benzene rings is 1. The molecule has 0 radical (unpaired) electrons. The standard InChI is InChI=1S/C19H20FN7S/c1-2-16-23-24-18-17(21-6-9-27(16)18)25-7-3-8-26(11-10-25)19-22-14-5-4-13(20)12-15(14)28-19/h4-6,9,12H,2-3,7-8,10-11H2,1H3. The molecule has 1 aliphatic rings. The minimum Gasteiger partial charge on any atom is -0.352 e. The van der Waals surface area contributed by atoms with Gasteiger partial charge >= 0.3 is 0 Å². The lowest BCUT2D eigenvalue weighted by atomic mass is 10.3. The number of aryl methyl sites for hydroxylation is 1. The van der Waals surface area contributed by atoms with Crippen molar-refractivity contribution >= 4 is 38.2 Å². The summed E-state index contributed by atoms with van der Waals surface area (Å²) in [6.45, 7) is 5.54. The highest BCUT2D eigenvalue weighted by atomic mass is 32.1. The van der Waals surface area contributed by atoms with Crippen LogP contribution in [-0.4, -0.2) is 50.7 Å². The minimum atomic E-state index is -0.219. The molecule has 4 heterocycles. The van der Waals surface area contributed by atoms with Gasteiger partial charge in [-0.25, -0.2) is 14.4 Å². The number of halogens is 1. The van der Waals surface area contributed by atoms with Crippen LogP contribution in [0.5, 0.6) is 0 Å². The molecule has 7 nitrogen and oxygen atoms in total. The Morgan fingerprint density at radius 1 is 1.11 bits per heavy atom. The predicted octanol–water partition coefficient (Wildman–Crippen LogP) is 3.15. The maximum atomic E-state index is 13.5. The van der Waals surface area contributed by atoms with E-state index in [1.165, 1.54) is 6.07 Å². The lowest BCUT2D eigenvalue weighted by molar-refractivity contribution is 0.630. The molecular weight excluding hydrogens is 377 g/mol. The van der Waals surface area contributed by atoms with Crippen LogP contribution in [-0.2, 0) is 6.42 Å². The lowest BCUT2D eigenvalue weighted by Crippen LogP contribution is -2.31. The van der Waals surface area contributed by atoms with Crippen LogP contribution in [0.3, 0.4) is 0 Å². The summed E-state index contributed by atoms with van der Waals surface area (Å²) in [4.78, 5) is 13.8. The van der Waals surface area contributed by atoms with E-state index in [0.717, 1.165) is 71.7 Å². The number of anilines is 2. The van der Waals surface area contributed by atoms with Gasteiger partial charge in [-0.3, -0.25) is 4.40 Å². The Balaban J connectivity index is 1.40. The third-order valence-electron chi connectivity index (χ3n) is 5.10. The highest BCUT2D eigenvalue weighted by molar-refractivity contribution is 7.22. The predicted molar refractivity (Wildman–Crippen MR) is 109 cm³/mol. The first kappa shape index (κ1) is 17.3. The van der Waals surface area contributed by atoms with Crippen molar-refractivity contribution in [3.63, 3.8) is 0 Å². The highest BCUT2D eigenvalue weighted by Gasteiger charge is 2.21. The minimum absolute atomic E-state index is 0.219. The van der Waals surface area contributed by atoms with Crippen molar-refractivity contribution in [2.45, 2.75) is 19.8 Å². The molecule has 0 atom stereocenters. The molecular formula is C19H20FN7S. The van der Waals surface area contributed by atoms with E-state index in [9.17, 15) is 4.39 Å². The molecule has 5 rings (SSSR count). The van der Waals surface area contributed by atoms with E-state index in [0.29, 0.717) is 0 Å². The Hall–Kier alpha value is -2.81. The molecule has 1 aromatic carbocycles. The molecule has 3 aromatic heterocycles. The molecule has 0 unspecified atom stereocenters. The van der Waals surface area contributed by atoms with Gasteiger partial charge in [0.2, 0.25) is 5.65 Å². The number of thiazole rings is 1. The van der Waals surface area contributed by atoms with Gasteiger partial charge in [0.1, 0.15) is 11.6 Å². The molecule has 0 bridgehead atoms. The van der Waals surface area contributed by atoms with Gasteiger partial charge < -0.3 is 9.80 Å². The first-order valence-corrected chi connectivity index (χ1v) is 10.3. The summed E-state index contributed by atoms with van der Waals surface area (Å²) in [5.74, 6) is 1.60. The fraction of sp³-hybridized carbons (Fsp3) is 0.368. The summed E-state index contributed by atoms with van der Waals surface area (Å²) >= 11 is 1.55. The lowest BCUT2D eigenvalue weighted by Gasteiger charge is -2.22. The van der Waals surface area contributed by atoms with Gasteiger partial charge in [-0.15, -0.1) is 10.2 Å². The Labute approximate surface area is 165 Å². The smallest absolute Gasteiger partial charge is 0.203 e. The van der Waals surface area contributed by atoms with Crippen LogP contribution in [0.2, 0.25) is 0 Å². The van der Waals surface area contributed by atoms with Crippen LogP contribution in [0.1, 0.15) is 19.2 Å². The Kier molecular flexibility index (Phi) is 4.31. The summed E-state index contributed by atoms with van der Waals surface area (Å²) in [5.41, 5.74) is 1.66. The molecule has 0 aliphatic carbocycles. The molecule has 0 saturated carbocycles. The maximum Gasteiger partial charge on any atom is 0.203 e. The average Bonchev–Trinajstić information content (AvgIpc) is 3.24. The zero-order valence-corrected chi connectivity index (χ0v) is 16.4. The molecule has 1 aliphatic heterocycles. The van der Waals surface area contributed by atoms with E-state index in [2.05, 4.69) is 31.9 Å². The van der Waals surface area contributed by atoms with Crippen molar-refractivity contribution in [1.29, 1.82) is 0 Å². The molecule has 4 aromatic rings. The van der Waals surface area contributed by atoms with Crippen molar-refractivity contribution in [3.8, 4) is 0 Å². The van der Waals surface area contributed by atoms with Crippen LogP contribution < -0.4 is 9.80 Å². The molecule has 0 N–H and O–H groups in total. The van der Waals surface area contributed by atoms with E-state index < -0.39 is 0 Å². The second-order valence-corrected chi connectivity index (χ2v) is 7.86. The van der Waals surface area contributed by atoms with E-state index in [1.54, 1.807) is 23.5 Å². The SMILES string of the molecule is CCc1nnc2c(N3CCCN(c4nc5ccc(F)cc5s4)CC3)nccn12. The molecule has 0 spiro atoms. The molecule has 1 fully saturated rings. The summed E-state index contributed by atoms with van der Waals surface area (Å²) in [6.07, 6.45) is 5.55. The van der Waals surface area contributed by atoms with Gasteiger partial charge in [-0.05, 0) is 24.6 Å². The Bertz CT molecular complexity index is 1140. The van der Waals surface area contributed by atoms with Gasteiger partial charge in [0.15, 0.2) is 10.9 Å². The number of aromatic nitrogens is 5. The molecule has 144 valence electrons. The zero-order valence-electron chi connectivity index (χ0n) is 15.5. The second kappa shape index (κ2) is 6.97. The van der Waals surface area contributed by atoms with Crippen molar-refractivity contribution < 1.29 is 4.39 Å². The fourth-order valence-corrected chi connectivity index (χ4v) is 4.71. The third-order valence-corrected chi connectivity index (χ3v) is 6.18. The summed E-state index contributed by atoms with van der Waals surface area (Å²) in [5, 5.41) is 9.59. The molecule has 28 heavy (non-hydrogen) atoms. The number of hydrogen-bond donors (Lipinski definition) is 0. The first-order chi connectivity index (χ1) is 13.7.